The molecule has 1 aromatic heterocycles. The molecule has 0 unspecified atom stereocenters. The summed E-state index contributed by atoms with van der Waals surface area (Å²) in [4.78, 5) is 23.9. The number of carbonyl (C=O) groups is 2. The fourth-order valence-corrected chi connectivity index (χ4v) is 2.82. The average Bonchev–Trinajstić information content (AvgIpc) is 2.58. The normalized spacial score (nSPS) is 22.2. The fourth-order valence-electron chi connectivity index (χ4n) is 2.82. The first-order valence-corrected chi connectivity index (χ1v) is 9.93. The maximum absolute atomic E-state index is 12.0. The number of methoxy groups -OCH3 is 2. The first-order valence-electron chi connectivity index (χ1n) is 7.90. The van der Waals surface area contributed by atoms with Crippen molar-refractivity contribution < 1.29 is 48.8 Å². The Morgan fingerprint density at radius 1 is 0.893 bits per heavy atom. The van der Waals surface area contributed by atoms with E-state index in [-0.39, 0.29) is 11.9 Å². The number of pyridine rings is 1. The van der Waals surface area contributed by atoms with E-state index in [1.54, 1.807) is 0 Å². The van der Waals surface area contributed by atoms with E-state index in [1.165, 1.54) is 14.2 Å². The van der Waals surface area contributed by atoms with Crippen molar-refractivity contribution in [2.75, 3.05) is 14.2 Å². The first kappa shape index (κ1) is 23.9. The molecule has 0 aliphatic heterocycles. The number of allylic oxidation sites excluding steroid dienone is 2. The zero-order valence-electron chi connectivity index (χ0n) is 15.3. The Balaban J connectivity index is 0.000000480. The molecule has 0 bridgehead atoms. The van der Waals surface area contributed by atoms with E-state index < -0.39 is 19.6 Å². The van der Waals surface area contributed by atoms with Gasteiger partial charge in [-0.15, -0.1) is 0 Å². The molecular weight excluding hydrogens is 415 g/mol. The Bertz CT molecular complexity index is 753. The third-order valence-corrected chi connectivity index (χ3v) is 3.95. The molecule has 5 nitrogen and oxygen atoms in total. The van der Waals surface area contributed by atoms with Crippen LogP contribution in [0.25, 0.3) is 5.70 Å². The molecule has 0 fully saturated rings. The van der Waals surface area contributed by atoms with E-state index in [4.69, 9.17) is 9.47 Å². The Hall–Kier alpha value is -2.16. The molecule has 1 aliphatic carbocycles. The van der Waals surface area contributed by atoms with Gasteiger partial charge in [0.15, 0.2) is 18.1 Å². The van der Waals surface area contributed by atoms with Gasteiger partial charge in [-0.1, -0.05) is 6.07 Å². The summed E-state index contributed by atoms with van der Waals surface area (Å²) in [5.41, 5.74) is 2.12. The Morgan fingerprint density at radius 2 is 1.29 bits per heavy atom. The van der Waals surface area contributed by atoms with Gasteiger partial charge in [0.1, 0.15) is 0 Å². The van der Waals surface area contributed by atoms with Crippen molar-refractivity contribution in [3.05, 3.63) is 36.2 Å². The van der Waals surface area contributed by atoms with Crippen LogP contribution in [0.3, 0.4) is 0 Å². The van der Waals surface area contributed by atoms with E-state index in [2.05, 4.69) is 0 Å². The summed E-state index contributed by atoms with van der Waals surface area (Å²) in [5, 5.41) is 0. The summed E-state index contributed by atoms with van der Waals surface area (Å²) in [6.45, 7) is 1.98. The third-order valence-electron chi connectivity index (χ3n) is 3.95. The van der Waals surface area contributed by atoms with Gasteiger partial charge in [0, 0.05) is 18.6 Å². The second-order valence-electron chi connectivity index (χ2n) is 6.14. The summed E-state index contributed by atoms with van der Waals surface area (Å²) in [5.74, 6) is -1.71. The van der Waals surface area contributed by atoms with E-state index in [0.717, 1.165) is 11.3 Å². The van der Waals surface area contributed by atoms with Crippen LogP contribution in [-0.4, -0.2) is 26.2 Å². The van der Waals surface area contributed by atoms with Crippen LogP contribution in [0.2, 0.25) is 0 Å². The molecule has 0 radical (unpaired) electrons. The molecule has 160 valence electrons. The van der Waals surface area contributed by atoms with Crippen LogP contribution < -0.4 is 4.57 Å². The predicted octanol–water partition coefficient (Wildman–Crippen LogP) is 4.96. The van der Waals surface area contributed by atoms with Gasteiger partial charge < -0.3 is 9.47 Å². The Labute approximate surface area is 157 Å². The van der Waals surface area contributed by atoms with Crippen molar-refractivity contribution in [1.82, 2.24) is 0 Å². The van der Waals surface area contributed by atoms with Crippen LogP contribution in [0.5, 0.6) is 0 Å². The number of carbonyl (C=O) groups excluding carboxylic acids is 2. The number of nitrogens with zero attached hydrogens (tertiary/aromatic N) is 1. The van der Waals surface area contributed by atoms with Crippen molar-refractivity contribution in [2.24, 2.45) is 11.8 Å². The second kappa shape index (κ2) is 7.69. The van der Waals surface area contributed by atoms with Gasteiger partial charge in [-0.2, -0.15) is 4.57 Å². The fraction of sp³-hybridized carbons (Fsp3) is 0.438. The van der Waals surface area contributed by atoms with Crippen molar-refractivity contribution in [3.8, 4) is 0 Å². The van der Waals surface area contributed by atoms with Crippen molar-refractivity contribution >= 4 is 25.4 Å². The molecule has 0 aromatic carbocycles. The van der Waals surface area contributed by atoms with Crippen LogP contribution in [-0.2, 0) is 19.1 Å². The van der Waals surface area contributed by atoms with E-state index in [1.807, 2.05) is 42.1 Å². The number of hydrogen-bond donors (Lipinski definition) is 0. The maximum atomic E-state index is 12.0. The Kier molecular flexibility index (Phi) is 6.56. The van der Waals surface area contributed by atoms with Crippen molar-refractivity contribution in [2.45, 2.75) is 19.8 Å². The van der Waals surface area contributed by atoms with Crippen molar-refractivity contribution in [3.63, 3.8) is 0 Å². The molecule has 12 heteroatoms. The SMILES string of the molecule is COC(=O)[C@H]1CC(C)=C([n+]2ccccc2)C[C@H]1C(=O)OC.F[P-](F)(F)(F)(F)F. The molecule has 0 spiro atoms. The Morgan fingerprint density at radius 3 is 1.68 bits per heavy atom. The van der Waals surface area contributed by atoms with Gasteiger partial charge in [0.2, 0.25) is 0 Å². The molecule has 2 rings (SSSR count). The number of ether oxygens (including phenoxy) is 2. The molecule has 28 heavy (non-hydrogen) atoms. The minimum absolute atomic E-state index is 0.359. The quantitative estimate of drug-likeness (QED) is 0.292. The molecule has 0 N–H and O–H groups in total. The monoisotopic (exact) mass is 435 g/mol. The zero-order chi connectivity index (χ0) is 21.8. The summed E-state index contributed by atoms with van der Waals surface area (Å²) < 4.78 is 70.9. The number of aromatic nitrogens is 1. The van der Waals surface area contributed by atoms with Crippen LogP contribution in [0.4, 0.5) is 25.2 Å². The number of halogens is 6. The van der Waals surface area contributed by atoms with Gasteiger partial charge in [-0.25, -0.2) is 0 Å². The van der Waals surface area contributed by atoms with E-state index in [9.17, 15) is 34.8 Å². The van der Waals surface area contributed by atoms with Gasteiger partial charge in [0.05, 0.1) is 26.1 Å². The van der Waals surface area contributed by atoms with Gasteiger partial charge in [-0.3, -0.25) is 9.59 Å². The molecular formula is C16H20F6NO4P. The molecule has 0 saturated heterocycles. The molecule has 1 aliphatic rings. The first-order chi connectivity index (χ1) is 12.5. The summed E-state index contributed by atoms with van der Waals surface area (Å²) in [7, 11) is -7.97. The average molecular weight is 435 g/mol. The number of esters is 2. The van der Waals surface area contributed by atoms with Crippen molar-refractivity contribution in [1.29, 1.82) is 0 Å². The minimum atomic E-state index is -10.7. The van der Waals surface area contributed by atoms with Gasteiger partial charge in [-0.05, 0) is 18.9 Å². The topological polar surface area (TPSA) is 56.5 Å². The number of rotatable bonds is 3. The van der Waals surface area contributed by atoms with Crippen LogP contribution >= 0.6 is 7.81 Å². The van der Waals surface area contributed by atoms with Gasteiger partial charge >= 0.3 is 44.9 Å². The number of hydrogen-bond acceptors (Lipinski definition) is 4. The third kappa shape index (κ3) is 8.69. The summed E-state index contributed by atoms with van der Waals surface area (Å²) in [6, 6.07) is 5.80. The molecule has 0 amide bonds. The second-order valence-corrected chi connectivity index (χ2v) is 8.05. The molecule has 1 heterocycles. The molecule has 0 saturated carbocycles. The van der Waals surface area contributed by atoms with Crippen LogP contribution in [0.1, 0.15) is 19.8 Å². The molecule has 1 aromatic rings. The summed E-state index contributed by atoms with van der Waals surface area (Å²) >= 11 is 0. The van der Waals surface area contributed by atoms with Crippen LogP contribution in [0, 0.1) is 11.8 Å². The predicted molar refractivity (Wildman–Crippen MR) is 89.3 cm³/mol. The standard InChI is InChI=1S/C16H20NO4.F6P/c1-11-9-12(15(18)20-2)13(16(19)21-3)10-14(11)17-7-5-4-6-8-17;1-7(2,3,4,5)6/h4-8,12-13H,9-10H2,1-3H3;/q+1;-1/t12-,13+;/m0./s1. The zero-order valence-corrected chi connectivity index (χ0v) is 16.1. The van der Waals surface area contributed by atoms with E-state index >= 15 is 0 Å². The van der Waals surface area contributed by atoms with Gasteiger partial charge in [0.25, 0.3) is 0 Å². The molecule has 2 atom stereocenters. The van der Waals surface area contributed by atoms with E-state index in [0.29, 0.717) is 12.8 Å². The van der Waals surface area contributed by atoms with Crippen LogP contribution in [0.15, 0.2) is 36.2 Å². The summed E-state index contributed by atoms with van der Waals surface area (Å²) in [6.07, 6.45) is 4.84.